The Morgan fingerprint density at radius 2 is 1.89 bits per heavy atom. The average Bonchev–Trinajstić information content (AvgIpc) is 3.18. The van der Waals surface area contributed by atoms with Gasteiger partial charge in [-0.3, -0.25) is 4.79 Å². The average molecular weight is 382 g/mol. The first-order chi connectivity index (χ1) is 13.1. The second-order valence-corrected chi connectivity index (χ2v) is 7.84. The molecule has 0 fully saturated rings. The number of halogens is 1. The zero-order valence-electron chi connectivity index (χ0n) is 15.7. The molecular formula is C23H24ClNO2. The maximum absolute atomic E-state index is 13.3. The van der Waals surface area contributed by atoms with Crippen LogP contribution < -0.4 is 0 Å². The van der Waals surface area contributed by atoms with Crippen molar-refractivity contribution >= 4 is 17.5 Å². The summed E-state index contributed by atoms with van der Waals surface area (Å²) in [7, 11) is 0. The van der Waals surface area contributed by atoms with Gasteiger partial charge in [-0.15, -0.1) is 0 Å². The van der Waals surface area contributed by atoms with Gasteiger partial charge in [-0.25, -0.2) is 0 Å². The lowest BCUT2D eigenvalue weighted by atomic mass is 9.93. The van der Waals surface area contributed by atoms with E-state index in [0.29, 0.717) is 17.5 Å². The number of ether oxygens (including phenoxy) is 1. The Hall–Kier alpha value is -2.10. The lowest BCUT2D eigenvalue weighted by Crippen LogP contribution is -2.48. The van der Waals surface area contributed by atoms with Crippen molar-refractivity contribution in [3.05, 3.63) is 82.4 Å². The number of rotatable bonds is 5. The molecule has 3 nitrogen and oxygen atoms in total. The first kappa shape index (κ1) is 18.3. The summed E-state index contributed by atoms with van der Waals surface area (Å²) < 4.78 is 6.79. The summed E-state index contributed by atoms with van der Waals surface area (Å²) in [5.74, 6) is 0.502. The van der Waals surface area contributed by atoms with Crippen LogP contribution in [0.25, 0.3) is 0 Å². The zero-order valence-corrected chi connectivity index (χ0v) is 16.4. The molecule has 4 rings (SSSR count). The van der Waals surface area contributed by atoms with E-state index in [4.69, 9.17) is 16.3 Å². The normalized spacial score (nSPS) is 26.6. The van der Waals surface area contributed by atoms with E-state index >= 15 is 0 Å². The van der Waals surface area contributed by atoms with Crippen LogP contribution in [-0.2, 0) is 10.5 Å². The predicted octanol–water partition coefficient (Wildman–Crippen LogP) is 5.39. The van der Waals surface area contributed by atoms with Gasteiger partial charge in [0.05, 0.1) is 6.10 Å². The SMILES string of the molecule is CCCN1C(=O)c2ccccc2C1(O[C@H]1C=CC(C)C1)c1ccc(Cl)cc1. The highest BCUT2D eigenvalue weighted by molar-refractivity contribution is 6.30. The molecule has 140 valence electrons. The molecule has 1 aliphatic carbocycles. The highest BCUT2D eigenvalue weighted by Crippen LogP contribution is 2.47. The predicted molar refractivity (Wildman–Crippen MR) is 108 cm³/mol. The van der Waals surface area contributed by atoms with Crippen LogP contribution in [0.1, 0.15) is 48.2 Å². The molecule has 0 aromatic heterocycles. The Kier molecular flexibility index (Phi) is 4.83. The van der Waals surface area contributed by atoms with Gasteiger partial charge in [0.1, 0.15) is 0 Å². The van der Waals surface area contributed by atoms with Crippen molar-refractivity contribution in [1.82, 2.24) is 4.90 Å². The van der Waals surface area contributed by atoms with Crippen molar-refractivity contribution in [3.8, 4) is 0 Å². The van der Waals surface area contributed by atoms with E-state index in [0.717, 1.165) is 29.5 Å². The van der Waals surface area contributed by atoms with Crippen LogP contribution in [0.3, 0.4) is 0 Å². The van der Waals surface area contributed by atoms with Gasteiger partial charge >= 0.3 is 0 Å². The number of hydrogen-bond acceptors (Lipinski definition) is 2. The second-order valence-electron chi connectivity index (χ2n) is 7.41. The highest BCUT2D eigenvalue weighted by atomic mass is 35.5. The van der Waals surface area contributed by atoms with Crippen LogP contribution in [0.5, 0.6) is 0 Å². The minimum atomic E-state index is -0.923. The molecule has 27 heavy (non-hydrogen) atoms. The number of allylic oxidation sites excluding steroid dienone is 1. The van der Waals surface area contributed by atoms with Crippen molar-refractivity contribution < 1.29 is 9.53 Å². The summed E-state index contributed by atoms with van der Waals surface area (Å²) >= 11 is 6.15. The van der Waals surface area contributed by atoms with Gasteiger partial charge in [-0.05, 0) is 37.0 Å². The third kappa shape index (κ3) is 2.99. The maximum atomic E-state index is 13.3. The van der Waals surface area contributed by atoms with E-state index in [1.807, 2.05) is 53.4 Å². The van der Waals surface area contributed by atoms with Crippen LogP contribution in [0.4, 0.5) is 0 Å². The quantitative estimate of drug-likeness (QED) is 0.650. The lowest BCUT2D eigenvalue weighted by molar-refractivity contribution is -0.132. The molecular weight excluding hydrogens is 358 g/mol. The lowest BCUT2D eigenvalue weighted by Gasteiger charge is -2.41. The number of nitrogens with zero attached hydrogens (tertiary/aromatic N) is 1. The number of amides is 1. The van der Waals surface area contributed by atoms with E-state index in [9.17, 15) is 4.79 Å². The summed E-state index contributed by atoms with van der Waals surface area (Å²) in [5.41, 5.74) is 1.65. The number of hydrogen-bond donors (Lipinski definition) is 0. The Bertz CT molecular complexity index is 876. The van der Waals surface area contributed by atoms with Crippen LogP contribution in [0.15, 0.2) is 60.7 Å². The van der Waals surface area contributed by atoms with Gasteiger partial charge in [0.2, 0.25) is 0 Å². The van der Waals surface area contributed by atoms with Crippen molar-refractivity contribution in [1.29, 1.82) is 0 Å². The molecule has 1 amide bonds. The third-order valence-electron chi connectivity index (χ3n) is 5.41. The molecule has 0 saturated carbocycles. The third-order valence-corrected chi connectivity index (χ3v) is 5.66. The van der Waals surface area contributed by atoms with Crippen molar-refractivity contribution in [2.24, 2.45) is 5.92 Å². The number of carbonyl (C=O) groups excluding carboxylic acids is 1. The largest absolute Gasteiger partial charge is 0.340 e. The van der Waals surface area contributed by atoms with Gasteiger partial charge in [0, 0.05) is 28.3 Å². The molecule has 0 N–H and O–H groups in total. The van der Waals surface area contributed by atoms with Crippen LogP contribution in [0.2, 0.25) is 5.02 Å². The van der Waals surface area contributed by atoms with Crippen molar-refractivity contribution in [3.63, 3.8) is 0 Å². The van der Waals surface area contributed by atoms with Gasteiger partial charge in [-0.2, -0.15) is 0 Å². The summed E-state index contributed by atoms with van der Waals surface area (Å²) in [6.07, 6.45) is 6.06. The van der Waals surface area contributed by atoms with E-state index < -0.39 is 5.72 Å². The monoisotopic (exact) mass is 381 g/mol. The summed E-state index contributed by atoms with van der Waals surface area (Å²) in [4.78, 5) is 15.2. The van der Waals surface area contributed by atoms with E-state index in [1.54, 1.807) is 0 Å². The molecule has 0 spiro atoms. The molecule has 2 aromatic carbocycles. The van der Waals surface area contributed by atoms with Gasteiger partial charge < -0.3 is 9.64 Å². The van der Waals surface area contributed by atoms with Gasteiger partial charge in [-0.1, -0.05) is 67.9 Å². The molecule has 1 heterocycles. The van der Waals surface area contributed by atoms with Crippen molar-refractivity contribution in [2.75, 3.05) is 6.54 Å². The Morgan fingerprint density at radius 3 is 2.56 bits per heavy atom. The molecule has 2 aliphatic rings. The minimum absolute atomic E-state index is 0.0254. The van der Waals surface area contributed by atoms with Gasteiger partial charge in [0.25, 0.3) is 5.91 Å². The molecule has 4 heteroatoms. The van der Waals surface area contributed by atoms with E-state index in [2.05, 4.69) is 26.0 Å². The summed E-state index contributed by atoms with van der Waals surface area (Å²) in [5, 5.41) is 0.669. The smallest absolute Gasteiger partial charge is 0.257 e. The van der Waals surface area contributed by atoms with Gasteiger partial charge in [0.15, 0.2) is 5.72 Å². The van der Waals surface area contributed by atoms with Crippen LogP contribution in [0, 0.1) is 5.92 Å². The molecule has 2 aromatic rings. The number of carbonyl (C=O) groups is 1. The Labute approximate surface area is 165 Å². The van der Waals surface area contributed by atoms with Crippen LogP contribution >= 0.6 is 11.6 Å². The summed E-state index contributed by atoms with van der Waals surface area (Å²) in [6, 6.07) is 15.5. The Balaban J connectivity index is 1.91. The van der Waals surface area contributed by atoms with Crippen LogP contribution in [-0.4, -0.2) is 23.5 Å². The van der Waals surface area contributed by atoms with E-state index in [1.165, 1.54) is 0 Å². The fraction of sp³-hybridized carbons (Fsp3) is 0.348. The molecule has 1 aliphatic heterocycles. The molecule has 3 atom stereocenters. The Morgan fingerprint density at radius 1 is 1.15 bits per heavy atom. The molecule has 0 saturated heterocycles. The fourth-order valence-corrected chi connectivity index (χ4v) is 4.33. The van der Waals surface area contributed by atoms with E-state index in [-0.39, 0.29) is 12.0 Å². The first-order valence-electron chi connectivity index (χ1n) is 9.60. The topological polar surface area (TPSA) is 29.5 Å². The standard InChI is InChI=1S/C23H24ClNO2/c1-3-14-25-22(26)20-6-4-5-7-21(20)23(25,17-9-11-18(24)12-10-17)27-19-13-8-16(2)15-19/h4-13,16,19H,3,14-15H2,1-2H3/t16?,19-,23?/m0/s1. The fourth-order valence-electron chi connectivity index (χ4n) is 4.21. The summed E-state index contributed by atoms with van der Waals surface area (Å²) in [6.45, 7) is 4.90. The molecule has 2 unspecified atom stereocenters. The minimum Gasteiger partial charge on any atom is -0.340 e. The zero-order chi connectivity index (χ0) is 19.0. The van der Waals surface area contributed by atoms with Crippen molar-refractivity contribution in [2.45, 2.75) is 38.5 Å². The number of fused-ring (bicyclic) bond motifs is 1. The molecule has 0 radical (unpaired) electrons. The second kappa shape index (κ2) is 7.14. The molecule has 0 bridgehead atoms. The highest BCUT2D eigenvalue weighted by Gasteiger charge is 2.52. The first-order valence-corrected chi connectivity index (χ1v) is 9.97. The number of benzene rings is 2. The maximum Gasteiger partial charge on any atom is 0.257 e.